The van der Waals surface area contributed by atoms with Crippen LogP contribution in [0.25, 0.3) is 0 Å². The van der Waals surface area contributed by atoms with E-state index in [9.17, 15) is 4.79 Å². The Hall–Kier alpha value is -0.730. The van der Waals surface area contributed by atoms with E-state index in [1.807, 2.05) is 20.8 Å². The van der Waals surface area contributed by atoms with Crippen molar-refractivity contribution in [3.05, 3.63) is 0 Å². The standard InChI is InChI=1S/C12H23NO2/c1-5-10(8-9-6-7-9)13-11(14)15-12(2,3)4/h9-10H,5-8H2,1-4H3,(H,13,14)/t10-/m0/s1. The second-order valence-electron chi connectivity index (χ2n) is 5.43. The quantitative estimate of drug-likeness (QED) is 0.779. The van der Waals surface area contributed by atoms with Gasteiger partial charge >= 0.3 is 6.09 Å². The zero-order valence-corrected chi connectivity index (χ0v) is 10.3. The molecule has 1 aliphatic carbocycles. The molecule has 0 saturated heterocycles. The Bertz CT molecular complexity index is 216. The summed E-state index contributed by atoms with van der Waals surface area (Å²) in [5.41, 5.74) is -0.401. The van der Waals surface area contributed by atoms with Crippen molar-refractivity contribution < 1.29 is 9.53 Å². The number of ether oxygens (including phenoxy) is 1. The van der Waals surface area contributed by atoms with Crippen molar-refractivity contribution in [3.8, 4) is 0 Å². The van der Waals surface area contributed by atoms with Crippen molar-refractivity contribution in [2.75, 3.05) is 0 Å². The average Bonchev–Trinajstić information content (AvgIpc) is 2.83. The predicted molar refractivity (Wildman–Crippen MR) is 60.8 cm³/mol. The molecule has 15 heavy (non-hydrogen) atoms. The lowest BCUT2D eigenvalue weighted by molar-refractivity contribution is 0.0499. The topological polar surface area (TPSA) is 38.3 Å². The zero-order valence-electron chi connectivity index (χ0n) is 10.3. The van der Waals surface area contributed by atoms with Crippen LogP contribution in [0.5, 0.6) is 0 Å². The second kappa shape index (κ2) is 4.86. The summed E-state index contributed by atoms with van der Waals surface area (Å²) >= 11 is 0. The third kappa shape index (κ3) is 5.65. The molecule has 0 aromatic carbocycles. The molecule has 3 nitrogen and oxygen atoms in total. The third-order valence-electron chi connectivity index (χ3n) is 2.53. The first-order valence-electron chi connectivity index (χ1n) is 5.90. The van der Waals surface area contributed by atoms with Crippen molar-refractivity contribution >= 4 is 6.09 Å². The minimum atomic E-state index is -0.401. The Morgan fingerprint density at radius 2 is 2.07 bits per heavy atom. The highest BCUT2D eigenvalue weighted by Gasteiger charge is 2.26. The van der Waals surface area contributed by atoms with E-state index in [1.54, 1.807) is 0 Å². The van der Waals surface area contributed by atoms with E-state index in [4.69, 9.17) is 4.74 Å². The molecule has 0 aliphatic heterocycles. The molecule has 0 spiro atoms. The number of rotatable bonds is 4. The molecule has 1 aliphatic rings. The van der Waals surface area contributed by atoms with Gasteiger partial charge in [-0.1, -0.05) is 19.8 Å². The molecule has 1 atom stereocenters. The van der Waals surface area contributed by atoms with Gasteiger partial charge in [0, 0.05) is 6.04 Å². The first kappa shape index (κ1) is 12.3. The molecule has 88 valence electrons. The molecule has 1 saturated carbocycles. The smallest absolute Gasteiger partial charge is 0.407 e. The Morgan fingerprint density at radius 1 is 1.47 bits per heavy atom. The summed E-state index contributed by atoms with van der Waals surface area (Å²) < 4.78 is 5.22. The Morgan fingerprint density at radius 3 is 2.47 bits per heavy atom. The highest BCUT2D eigenvalue weighted by molar-refractivity contribution is 5.68. The largest absolute Gasteiger partial charge is 0.444 e. The molecular weight excluding hydrogens is 190 g/mol. The molecule has 0 radical (unpaired) electrons. The molecule has 1 amide bonds. The maximum absolute atomic E-state index is 11.5. The minimum Gasteiger partial charge on any atom is -0.444 e. The fourth-order valence-electron chi connectivity index (χ4n) is 1.56. The third-order valence-corrected chi connectivity index (χ3v) is 2.53. The molecule has 0 aromatic heterocycles. The van der Waals surface area contributed by atoms with Crippen LogP contribution >= 0.6 is 0 Å². The molecule has 0 heterocycles. The second-order valence-corrected chi connectivity index (χ2v) is 5.43. The maximum atomic E-state index is 11.5. The number of amides is 1. The summed E-state index contributed by atoms with van der Waals surface area (Å²) in [4.78, 5) is 11.5. The fourth-order valence-corrected chi connectivity index (χ4v) is 1.56. The van der Waals surface area contributed by atoms with Crippen LogP contribution in [0.2, 0.25) is 0 Å². The minimum absolute atomic E-state index is 0.282. The van der Waals surface area contributed by atoms with Crippen molar-refractivity contribution in [1.29, 1.82) is 0 Å². The summed E-state index contributed by atoms with van der Waals surface area (Å²) in [7, 11) is 0. The SMILES string of the molecule is CC[C@@H](CC1CC1)NC(=O)OC(C)(C)C. The summed E-state index contributed by atoms with van der Waals surface area (Å²) in [5.74, 6) is 0.838. The van der Waals surface area contributed by atoms with Crippen molar-refractivity contribution in [2.45, 2.75) is 65.0 Å². The highest BCUT2D eigenvalue weighted by Crippen LogP contribution is 2.34. The van der Waals surface area contributed by atoms with Crippen LogP contribution in [0.1, 0.15) is 53.4 Å². The van der Waals surface area contributed by atoms with E-state index >= 15 is 0 Å². The van der Waals surface area contributed by atoms with E-state index in [2.05, 4.69) is 12.2 Å². The molecular formula is C12H23NO2. The van der Waals surface area contributed by atoms with Gasteiger partial charge in [0.1, 0.15) is 5.60 Å². The van der Waals surface area contributed by atoms with Gasteiger partial charge < -0.3 is 10.1 Å². The van der Waals surface area contributed by atoms with E-state index in [0.717, 1.165) is 18.8 Å². The number of hydrogen-bond donors (Lipinski definition) is 1. The molecule has 3 heteroatoms. The van der Waals surface area contributed by atoms with Crippen molar-refractivity contribution in [3.63, 3.8) is 0 Å². The molecule has 0 unspecified atom stereocenters. The maximum Gasteiger partial charge on any atom is 0.407 e. The summed E-state index contributed by atoms with van der Waals surface area (Å²) in [6.45, 7) is 7.75. The van der Waals surface area contributed by atoms with E-state index in [0.29, 0.717) is 0 Å². The first-order chi connectivity index (χ1) is 6.90. The van der Waals surface area contributed by atoms with Crippen molar-refractivity contribution in [1.82, 2.24) is 5.32 Å². The van der Waals surface area contributed by atoms with Gasteiger partial charge in [-0.2, -0.15) is 0 Å². The lowest BCUT2D eigenvalue weighted by Gasteiger charge is -2.23. The zero-order chi connectivity index (χ0) is 11.5. The van der Waals surface area contributed by atoms with Crippen LogP contribution in [0.4, 0.5) is 4.79 Å². The normalized spacial score (nSPS) is 18.4. The molecule has 0 aromatic rings. The Kier molecular flexibility index (Phi) is 4.00. The van der Waals surface area contributed by atoms with Gasteiger partial charge in [-0.15, -0.1) is 0 Å². The first-order valence-corrected chi connectivity index (χ1v) is 5.90. The van der Waals surface area contributed by atoms with Crippen LogP contribution in [0.3, 0.4) is 0 Å². The Balaban J connectivity index is 2.27. The van der Waals surface area contributed by atoms with E-state index in [1.165, 1.54) is 12.8 Å². The van der Waals surface area contributed by atoms with Crippen LogP contribution in [0, 0.1) is 5.92 Å². The molecule has 0 bridgehead atoms. The number of hydrogen-bond acceptors (Lipinski definition) is 2. The number of alkyl carbamates (subject to hydrolysis) is 1. The van der Waals surface area contributed by atoms with Crippen LogP contribution < -0.4 is 5.32 Å². The van der Waals surface area contributed by atoms with Crippen LogP contribution in [-0.2, 0) is 4.74 Å². The fraction of sp³-hybridized carbons (Fsp3) is 0.917. The highest BCUT2D eigenvalue weighted by atomic mass is 16.6. The summed E-state index contributed by atoms with van der Waals surface area (Å²) in [5, 5.41) is 2.93. The monoisotopic (exact) mass is 213 g/mol. The van der Waals surface area contributed by atoms with Gasteiger partial charge in [0.05, 0.1) is 0 Å². The Labute approximate surface area is 92.6 Å². The van der Waals surface area contributed by atoms with Crippen LogP contribution in [0.15, 0.2) is 0 Å². The molecule has 1 N–H and O–H groups in total. The van der Waals surface area contributed by atoms with E-state index < -0.39 is 5.60 Å². The number of carbonyl (C=O) groups excluding carboxylic acids is 1. The van der Waals surface area contributed by atoms with Crippen LogP contribution in [-0.4, -0.2) is 17.7 Å². The van der Waals surface area contributed by atoms with E-state index in [-0.39, 0.29) is 12.1 Å². The lowest BCUT2D eigenvalue weighted by Crippen LogP contribution is -2.39. The summed E-state index contributed by atoms with van der Waals surface area (Å²) in [6.07, 6.45) is 4.46. The van der Waals surface area contributed by atoms with Gasteiger partial charge in [-0.3, -0.25) is 0 Å². The molecule has 1 rings (SSSR count). The lowest BCUT2D eigenvalue weighted by atomic mass is 10.1. The van der Waals surface area contributed by atoms with Crippen molar-refractivity contribution in [2.24, 2.45) is 5.92 Å². The predicted octanol–water partition coefficient (Wildman–Crippen LogP) is 3.09. The van der Waals surface area contributed by atoms with Gasteiger partial charge in [0.25, 0.3) is 0 Å². The summed E-state index contributed by atoms with van der Waals surface area (Å²) in [6, 6.07) is 0.285. The average molecular weight is 213 g/mol. The van der Waals surface area contributed by atoms with Gasteiger partial charge in [-0.05, 0) is 39.5 Å². The number of nitrogens with one attached hydrogen (secondary N) is 1. The van der Waals surface area contributed by atoms with Gasteiger partial charge in [0.15, 0.2) is 0 Å². The molecule has 1 fully saturated rings. The number of carbonyl (C=O) groups is 1. The van der Waals surface area contributed by atoms with Gasteiger partial charge in [-0.25, -0.2) is 4.79 Å². The van der Waals surface area contributed by atoms with Gasteiger partial charge in [0.2, 0.25) is 0 Å².